The van der Waals surface area contributed by atoms with Gasteiger partial charge < -0.3 is 18.1 Å². The Morgan fingerprint density at radius 1 is 0.400 bits per heavy atom. The van der Waals surface area contributed by atoms with Crippen molar-refractivity contribution in [3.63, 3.8) is 0 Å². The standard InChI is InChI=1S/C52H44N2O2P2.CH3.Pd/c55-51(49-43-29-15-13-19-37(43)33-35-47(49)57(39-21-5-1-6-22-39)40-23-7-2-8-24-40)53-45-31-17-18-32-46(45)54-52(56)50-44-30-16-14-20-38(44)34-36-48(50)58(41-25-9-3-10-26-41)42-27-11-4-12-28-42;;/h1-16,19-30,33-36,45-46H,17-18,31-32H2,(H,53,55)(H,54,56);1H3;/q;-1;/p+2/t45-,46-;;/m0../s1. The van der Waals surface area contributed by atoms with Gasteiger partial charge in [0, 0.05) is 32.5 Å². The van der Waals surface area contributed by atoms with E-state index >= 15 is 9.59 Å². The van der Waals surface area contributed by atoms with Crippen LogP contribution in [0.15, 0.2) is 194 Å². The molecule has 0 radical (unpaired) electrons. The van der Waals surface area contributed by atoms with E-state index < -0.39 is 15.8 Å². The fourth-order valence-electron chi connectivity index (χ4n) is 8.78. The van der Waals surface area contributed by atoms with Crippen LogP contribution < -0.4 is 42.5 Å². The number of benzene rings is 8. The molecule has 0 heterocycles. The molecule has 7 heteroatoms. The molecule has 8 aromatic rings. The summed E-state index contributed by atoms with van der Waals surface area (Å²) in [5.74, 6) is -0.173. The number of hydrogen-bond acceptors (Lipinski definition) is 2. The van der Waals surface area contributed by atoms with Crippen LogP contribution in [0.4, 0.5) is 0 Å². The van der Waals surface area contributed by atoms with E-state index in [0.29, 0.717) is 0 Å². The molecule has 8 aromatic carbocycles. The van der Waals surface area contributed by atoms with Crippen LogP contribution in [-0.2, 0) is 20.4 Å². The molecule has 60 heavy (non-hydrogen) atoms. The molecule has 0 saturated heterocycles. The van der Waals surface area contributed by atoms with Gasteiger partial charge in [-0.15, -0.1) is 0 Å². The van der Waals surface area contributed by atoms with Gasteiger partial charge in [0.2, 0.25) is 0 Å². The van der Waals surface area contributed by atoms with Crippen LogP contribution in [0.2, 0.25) is 0 Å². The van der Waals surface area contributed by atoms with Gasteiger partial charge in [0.25, 0.3) is 11.8 Å². The van der Waals surface area contributed by atoms with E-state index in [-0.39, 0.29) is 51.7 Å². The summed E-state index contributed by atoms with van der Waals surface area (Å²) >= 11 is 0. The molecule has 2 N–H and O–H groups in total. The first-order valence-electron chi connectivity index (χ1n) is 20.3. The molecule has 0 spiro atoms. The Morgan fingerprint density at radius 3 is 1.03 bits per heavy atom. The van der Waals surface area contributed by atoms with Crippen molar-refractivity contribution in [2.75, 3.05) is 0 Å². The van der Waals surface area contributed by atoms with E-state index in [0.717, 1.165) is 69.0 Å². The van der Waals surface area contributed by atoms with E-state index in [4.69, 9.17) is 0 Å². The van der Waals surface area contributed by atoms with Gasteiger partial charge in [0.05, 0.1) is 27.0 Å². The fraction of sp³-hybridized carbons (Fsp3) is 0.113. The van der Waals surface area contributed by atoms with Crippen LogP contribution in [0.3, 0.4) is 0 Å². The smallest absolute Gasteiger partial charge is 0.256 e. The molecule has 1 fully saturated rings. The molecule has 0 unspecified atom stereocenters. The van der Waals surface area contributed by atoms with Gasteiger partial charge in [-0.05, 0) is 95.1 Å². The summed E-state index contributed by atoms with van der Waals surface area (Å²) in [4.78, 5) is 30.1. The molecule has 0 aromatic heterocycles. The zero-order valence-electron chi connectivity index (χ0n) is 33.6. The number of hydrogen-bond donors (Lipinski definition) is 2. The molecule has 9 rings (SSSR count). The summed E-state index contributed by atoms with van der Waals surface area (Å²) < 4.78 is 0. The van der Waals surface area contributed by atoms with Crippen molar-refractivity contribution in [1.29, 1.82) is 0 Å². The number of nitrogens with one attached hydrogen (secondary N) is 2. The van der Waals surface area contributed by atoms with Gasteiger partial charge in [-0.1, -0.05) is 146 Å². The molecule has 2 amide bonds. The quantitative estimate of drug-likeness (QED) is 0.0819. The zero-order valence-corrected chi connectivity index (χ0v) is 37.1. The molecule has 1 aliphatic rings. The van der Waals surface area contributed by atoms with E-state index in [9.17, 15) is 0 Å². The van der Waals surface area contributed by atoms with Crippen LogP contribution in [-0.4, -0.2) is 23.9 Å². The summed E-state index contributed by atoms with van der Waals surface area (Å²) in [5.41, 5.74) is 1.45. The topological polar surface area (TPSA) is 58.2 Å². The van der Waals surface area contributed by atoms with Crippen molar-refractivity contribution >= 4 is 81.0 Å². The van der Waals surface area contributed by atoms with Gasteiger partial charge in [-0.3, -0.25) is 9.59 Å². The second kappa shape index (κ2) is 19.9. The normalized spacial score (nSPS) is 14.9. The largest absolute Gasteiger partial charge is 0.358 e. The first-order valence-corrected chi connectivity index (χ1v) is 23.3. The molecule has 4 nitrogen and oxygen atoms in total. The maximum atomic E-state index is 15.0. The van der Waals surface area contributed by atoms with E-state index in [1.165, 1.54) is 21.2 Å². The first kappa shape index (κ1) is 42.9. The SMILES string of the molecule is O=C(N[C@H]1CCCC[C@@H]1NC(=O)c1c([PH+](c2ccccc2)c2ccccc2)ccc2ccccc12)c1c([PH+](c2ccccc2)c2ccccc2)ccc2ccccc12.[CH3-].[Pd]. The number of amides is 2. The van der Waals surface area contributed by atoms with Crippen molar-refractivity contribution < 1.29 is 30.0 Å². The predicted molar refractivity (Wildman–Crippen MR) is 255 cm³/mol. The Hall–Kier alpha value is -5.26. The summed E-state index contributed by atoms with van der Waals surface area (Å²) in [6.45, 7) is 0. The van der Waals surface area contributed by atoms with Crippen molar-refractivity contribution in [2.45, 2.75) is 37.8 Å². The van der Waals surface area contributed by atoms with Crippen LogP contribution in [0.5, 0.6) is 0 Å². The summed E-state index contributed by atoms with van der Waals surface area (Å²) in [5, 5.41) is 18.0. The Labute approximate surface area is 370 Å². The number of fused-ring (bicyclic) bond motifs is 2. The third kappa shape index (κ3) is 8.93. The van der Waals surface area contributed by atoms with Gasteiger partial charge in [-0.25, -0.2) is 0 Å². The Kier molecular flexibility index (Phi) is 14.2. The Balaban J connectivity index is 0.00000272. The van der Waals surface area contributed by atoms with Gasteiger partial charge in [0.15, 0.2) is 0 Å². The number of rotatable bonds is 10. The Bertz CT molecular complexity index is 2430. The second-order valence-electron chi connectivity index (χ2n) is 15.1. The van der Waals surface area contributed by atoms with Crippen molar-refractivity contribution in [1.82, 2.24) is 10.6 Å². The maximum absolute atomic E-state index is 15.0. The Morgan fingerprint density at radius 2 is 0.700 bits per heavy atom. The minimum absolute atomic E-state index is 0. The molecule has 1 saturated carbocycles. The van der Waals surface area contributed by atoms with Crippen LogP contribution in [0.25, 0.3) is 21.5 Å². The molecule has 0 aliphatic heterocycles. The molecular formula is C53H49N2O2P2Pd+. The number of carbonyl (C=O) groups is 2. The predicted octanol–water partition coefficient (Wildman–Crippen LogP) is 8.89. The molecular weight excluding hydrogens is 865 g/mol. The molecule has 1 aliphatic carbocycles. The number of carbonyl (C=O) groups excluding carboxylic acids is 2. The maximum Gasteiger partial charge on any atom is 0.256 e. The minimum Gasteiger partial charge on any atom is -0.358 e. The van der Waals surface area contributed by atoms with Crippen LogP contribution >= 0.6 is 15.8 Å². The van der Waals surface area contributed by atoms with E-state index in [1.807, 2.05) is 48.5 Å². The average Bonchev–Trinajstić information content (AvgIpc) is 3.28. The first-order chi connectivity index (χ1) is 28.6. The van der Waals surface area contributed by atoms with Gasteiger partial charge in [0.1, 0.15) is 31.8 Å². The summed E-state index contributed by atoms with van der Waals surface area (Å²) in [7, 11) is -3.11. The minimum atomic E-state index is -1.56. The third-order valence-electron chi connectivity index (χ3n) is 11.5. The van der Waals surface area contributed by atoms with Crippen molar-refractivity contribution in [2.24, 2.45) is 0 Å². The van der Waals surface area contributed by atoms with Crippen molar-refractivity contribution in [3.8, 4) is 0 Å². The third-order valence-corrected chi connectivity index (χ3v) is 17.1. The fourth-order valence-corrected chi connectivity index (χ4v) is 14.3. The van der Waals surface area contributed by atoms with Crippen LogP contribution in [0, 0.1) is 7.43 Å². The van der Waals surface area contributed by atoms with Gasteiger partial charge >= 0.3 is 0 Å². The second-order valence-corrected chi connectivity index (χ2v) is 20.0. The zero-order chi connectivity index (χ0) is 39.3. The van der Waals surface area contributed by atoms with E-state index in [2.05, 4.69) is 156 Å². The molecule has 302 valence electrons. The average molecular weight is 914 g/mol. The monoisotopic (exact) mass is 913 g/mol. The molecule has 2 atom stereocenters. The summed E-state index contributed by atoms with van der Waals surface area (Å²) in [6, 6.07) is 67.0. The van der Waals surface area contributed by atoms with Crippen molar-refractivity contribution in [3.05, 3.63) is 213 Å². The van der Waals surface area contributed by atoms with Crippen LogP contribution in [0.1, 0.15) is 46.4 Å². The molecule has 0 bridgehead atoms. The van der Waals surface area contributed by atoms with Gasteiger partial charge in [-0.2, -0.15) is 0 Å². The summed E-state index contributed by atoms with van der Waals surface area (Å²) in [6.07, 6.45) is 3.55. The van der Waals surface area contributed by atoms with E-state index in [1.54, 1.807) is 0 Å².